The fraction of sp³-hybridized carbons (Fsp3) is 0.316. The van der Waals surface area contributed by atoms with Crippen molar-refractivity contribution in [3.63, 3.8) is 0 Å². The third-order valence-electron chi connectivity index (χ3n) is 3.83. The van der Waals surface area contributed by atoms with Gasteiger partial charge >= 0.3 is 0 Å². The number of likely N-dealkylation sites (N-methyl/N-ethyl adjacent to an activating group) is 1. The lowest BCUT2D eigenvalue weighted by Gasteiger charge is -2.23. The fourth-order valence-corrected chi connectivity index (χ4v) is 2.49. The molecule has 3 nitrogen and oxygen atoms in total. The Bertz CT molecular complexity index is 664. The van der Waals surface area contributed by atoms with Crippen molar-refractivity contribution in [3.8, 4) is 5.75 Å². The molecule has 0 aromatic heterocycles. The number of hydrogen-bond donors (Lipinski definition) is 0. The van der Waals surface area contributed by atoms with E-state index in [1.807, 2.05) is 56.3 Å². The first-order chi connectivity index (χ1) is 10.5. The van der Waals surface area contributed by atoms with Gasteiger partial charge in [0.2, 0.25) is 0 Å². The maximum absolute atomic E-state index is 12.6. The highest BCUT2D eigenvalue weighted by molar-refractivity contribution is 6.00. The van der Waals surface area contributed by atoms with E-state index in [0.717, 1.165) is 34.7 Å². The third-order valence-corrected chi connectivity index (χ3v) is 3.83. The Morgan fingerprint density at radius 2 is 1.91 bits per heavy atom. The molecule has 0 bridgehead atoms. The van der Waals surface area contributed by atoms with Gasteiger partial charge < -0.3 is 9.64 Å². The van der Waals surface area contributed by atoms with Gasteiger partial charge in [-0.1, -0.05) is 23.8 Å². The second-order valence-corrected chi connectivity index (χ2v) is 5.46. The van der Waals surface area contributed by atoms with Crippen LogP contribution in [0, 0.1) is 13.8 Å². The summed E-state index contributed by atoms with van der Waals surface area (Å²) in [7, 11) is 1.65. The largest absolute Gasteiger partial charge is 0.497 e. The smallest absolute Gasteiger partial charge is 0.182 e. The highest BCUT2D eigenvalue weighted by Gasteiger charge is 2.14. The van der Waals surface area contributed by atoms with Gasteiger partial charge in [-0.2, -0.15) is 0 Å². The molecule has 0 aliphatic heterocycles. The lowest BCUT2D eigenvalue weighted by atomic mass is 10.0. The van der Waals surface area contributed by atoms with Gasteiger partial charge in [0.1, 0.15) is 5.75 Å². The highest BCUT2D eigenvalue weighted by atomic mass is 16.5. The van der Waals surface area contributed by atoms with Crippen molar-refractivity contribution in [3.05, 3.63) is 59.2 Å². The van der Waals surface area contributed by atoms with Crippen LogP contribution in [-0.4, -0.2) is 26.0 Å². The van der Waals surface area contributed by atoms with Crippen molar-refractivity contribution >= 4 is 11.5 Å². The molecule has 0 amide bonds. The summed E-state index contributed by atoms with van der Waals surface area (Å²) in [4.78, 5) is 14.7. The van der Waals surface area contributed by atoms with Crippen LogP contribution in [0.5, 0.6) is 5.75 Å². The number of rotatable bonds is 6. The summed E-state index contributed by atoms with van der Waals surface area (Å²) in [5.41, 5.74) is 3.94. The second kappa shape index (κ2) is 7.12. The van der Waals surface area contributed by atoms with Gasteiger partial charge in [-0.3, -0.25) is 4.79 Å². The zero-order valence-electron chi connectivity index (χ0n) is 13.7. The van der Waals surface area contributed by atoms with E-state index in [-0.39, 0.29) is 5.78 Å². The van der Waals surface area contributed by atoms with Gasteiger partial charge in [-0.05, 0) is 44.5 Å². The second-order valence-electron chi connectivity index (χ2n) is 5.46. The van der Waals surface area contributed by atoms with Crippen LogP contribution in [0.2, 0.25) is 0 Å². The molecule has 0 atom stereocenters. The van der Waals surface area contributed by atoms with Gasteiger partial charge in [0.05, 0.1) is 13.7 Å². The van der Waals surface area contributed by atoms with Crippen molar-refractivity contribution in [2.75, 3.05) is 25.1 Å². The lowest BCUT2D eigenvalue weighted by molar-refractivity contribution is 0.0998. The molecule has 3 heteroatoms. The van der Waals surface area contributed by atoms with Crippen molar-refractivity contribution in [2.24, 2.45) is 0 Å². The standard InChI is InChI=1S/C19H23NO2/c1-5-20(16-7-6-8-17(12-16)22-4)13-19(21)18-11-14(2)9-10-15(18)3/h6-12H,5,13H2,1-4H3. The minimum atomic E-state index is 0.144. The topological polar surface area (TPSA) is 29.5 Å². The molecule has 0 radical (unpaired) electrons. The minimum absolute atomic E-state index is 0.144. The number of hydrogen-bond acceptors (Lipinski definition) is 3. The maximum atomic E-state index is 12.6. The zero-order chi connectivity index (χ0) is 16.1. The zero-order valence-corrected chi connectivity index (χ0v) is 13.7. The number of aryl methyl sites for hydroxylation is 2. The van der Waals surface area contributed by atoms with Crippen LogP contribution < -0.4 is 9.64 Å². The molecule has 2 aromatic carbocycles. The average molecular weight is 297 g/mol. The Hall–Kier alpha value is -2.29. The summed E-state index contributed by atoms with van der Waals surface area (Å²) in [5, 5.41) is 0. The van der Waals surface area contributed by atoms with Crippen LogP contribution in [0.1, 0.15) is 28.4 Å². The Kier molecular flexibility index (Phi) is 5.21. The van der Waals surface area contributed by atoms with Crippen LogP contribution in [0.15, 0.2) is 42.5 Å². The number of methoxy groups -OCH3 is 1. The van der Waals surface area contributed by atoms with E-state index in [9.17, 15) is 4.79 Å². The van der Waals surface area contributed by atoms with E-state index < -0.39 is 0 Å². The van der Waals surface area contributed by atoms with Crippen LogP contribution >= 0.6 is 0 Å². The number of benzene rings is 2. The van der Waals surface area contributed by atoms with E-state index in [2.05, 4.69) is 11.8 Å². The number of ether oxygens (including phenoxy) is 1. The number of carbonyl (C=O) groups excluding carboxylic acids is 1. The normalized spacial score (nSPS) is 10.4. The van der Waals surface area contributed by atoms with Gasteiger partial charge in [0.15, 0.2) is 5.78 Å². The summed E-state index contributed by atoms with van der Waals surface area (Å²) in [5.74, 6) is 0.945. The molecule has 22 heavy (non-hydrogen) atoms. The van der Waals surface area contributed by atoms with E-state index in [1.165, 1.54) is 0 Å². The third kappa shape index (κ3) is 3.67. The Balaban J connectivity index is 2.22. The molecule has 0 aliphatic rings. The molecule has 2 aromatic rings. The van der Waals surface area contributed by atoms with Crippen molar-refractivity contribution < 1.29 is 9.53 Å². The summed E-state index contributed by atoms with van der Waals surface area (Å²) in [6.45, 7) is 7.18. The SMILES string of the molecule is CCN(CC(=O)c1cc(C)ccc1C)c1cccc(OC)c1. The quantitative estimate of drug-likeness (QED) is 0.754. The summed E-state index contributed by atoms with van der Waals surface area (Å²) in [6.07, 6.45) is 0. The number of carbonyl (C=O) groups is 1. The van der Waals surface area contributed by atoms with Crippen LogP contribution in [-0.2, 0) is 0 Å². The van der Waals surface area contributed by atoms with Crippen LogP contribution in [0.3, 0.4) is 0 Å². The number of Topliss-reactive ketones (excluding diaryl/α,β-unsaturated/α-hetero) is 1. The molecule has 0 N–H and O–H groups in total. The number of ketones is 1. The van der Waals surface area contributed by atoms with Crippen LogP contribution in [0.25, 0.3) is 0 Å². The molecule has 0 heterocycles. The molecule has 2 rings (SSSR count). The number of nitrogens with zero attached hydrogens (tertiary/aromatic N) is 1. The Labute approximate surface area is 132 Å². The minimum Gasteiger partial charge on any atom is -0.497 e. The first-order valence-electron chi connectivity index (χ1n) is 7.54. The van der Waals surface area contributed by atoms with Crippen molar-refractivity contribution in [2.45, 2.75) is 20.8 Å². The van der Waals surface area contributed by atoms with Gasteiger partial charge in [-0.15, -0.1) is 0 Å². The predicted octanol–water partition coefficient (Wildman–Crippen LogP) is 4.02. The summed E-state index contributed by atoms with van der Waals surface area (Å²) in [6, 6.07) is 13.8. The highest BCUT2D eigenvalue weighted by Crippen LogP contribution is 2.21. The molecule has 0 unspecified atom stereocenters. The maximum Gasteiger partial charge on any atom is 0.182 e. The number of anilines is 1. The van der Waals surface area contributed by atoms with Gasteiger partial charge in [0, 0.05) is 23.9 Å². The average Bonchev–Trinajstić information content (AvgIpc) is 2.54. The molecule has 0 spiro atoms. The van der Waals surface area contributed by atoms with Crippen molar-refractivity contribution in [1.29, 1.82) is 0 Å². The molecule has 0 saturated heterocycles. The van der Waals surface area contributed by atoms with Gasteiger partial charge in [0.25, 0.3) is 0 Å². The lowest BCUT2D eigenvalue weighted by Crippen LogP contribution is -2.30. The first kappa shape index (κ1) is 16.1. The van der Waals surface area contributed by atoms with E-state index in [0.29, 0.717) is 6.54 Å². The molecular weight excluding hydrogens is 274 g/mol. The molecule has 116 valence electrons. The summed E-state index contributed by atoms with van der Waals surface area (Å²) >= 11 is 0. The monoisotopic (exact) mass is 297 g/mol. The van der Waals surface area contributed by atoms with E-state index in [4.69, 9.17) is 4.74 Å². The van der Waals surface area contributed by atoms with E-state index in [1.54, 1.807) is 7.11 Å². The van der Waals surface area contributed by atoms with Crippen molar-refractivity contribution in [1.82, 2.24) is 0 Å². The molecule has 0 aliphatic carbocycles. The van der Waals surface area contributed by atoms with Crippen LogP contribution in [0.4, 0.5) is 5.69 Å². The molecule has 0 saturated carbocycles. The molecular formula is C19H23NO2. The predicted molar refractivity (Wildman–Crippen MR) is 91.1 cm³/mol. The Morgan fingerprint density at radius 3 is 2.59 bits per heavy atom. The fourth-order valence-electron chi connectivity index (χ4n) is 2.49. The summed E-state index contributed by atoms with van der Waals surface area (Å²) < 4.78 is 5.26. The van der Waals surface area contributed by atoms with Gasteiger partial charge in [-0.25, -0.2) is 0 Å². The van der Waals surface area contributed by atoms with E-state index >= 15 is 0 Å². The Morgan fingerprint density at radius 1 is 1.14 bits per heavy atom. The first-order valence-corrected chi connectivity index (χ1v) is 7.54. The molecule has 0 fully saturated rings.